The van der Waals surface area contributed by atoms with Crippen LogP contribution in [0.5, 0.6) is 0 Å². The van der Waals surface area contributed by atoms with E-state index in [2.05, 4.69) is 5.32 Å². The van der Waals surface area contributed by atoms with Crippen LogP contribution in [0.2, 0.25) is 10.0 Å². The largest absolute Gasteiger partial charge is 0.447 e. The molecule has 0 aliphatic carbocycles. The molecule has 14 heavy (non-hydrogen) atoms. The number of cyclic esters (lactones) is 1. The molecule has 3 nitrogen and oxygen atoms in total. The molecule has 5 heteroatoms. The second-order valence-electron chi connectivity index (χ2n) is 2.97. The van der Waals surface area contributed by atoms with Crippen LogP contribution in [-0.2, 0) is 4.74 Å². The summed E-state index contributed by atoms with van der Waals surface area (Å²) < 4.78 is 4.76. The summed E-state index contributed by atoms with van der Waals surface area (Å²) in [5.41, 5.74) is 0.894. The lowest BCUT2D eigenvalue weighted by molar-refractivity contribution is 0.177. The molecule has 74 valence electrons. The van der Waals surface area contributed by atoms with Crippen molar-refractivity contribution in [3.8, 4) is 0 Å². The summed E-state index contributed by atoms with van der Waals surface area (Å²) in [5, 5.41) is 3.63. The van der Waals surface area contributed by atoms with E-state index in [1.807, 2.05) is 6.07 Å². The van der Waals surface area contributed by atoms with Crippen molar-refractivity contribution in [3.05, 3.63) is 33.8 Å². The fourth-order valence-corrected chi connectivity index (χ4v) is 1.60. The SMILES string of the molecule is O=C1N[C@H](c2ccc(Cl)c(Cl)c2)CO1. The highest BCUT2D eigenvalue weighted by atomic mass is 35.5. The smallest absolute Gasteiger partial charge is 0.407 e. The molecule has 1 aliphatic heterocycles. The number of hydrogen-bond donors (Lipinski definition) is 1. The van der Waals surface area contributed by atoms with Gasteiger partial charge in [0.25, 0.3) is 0 Å². The highest BCUT2D eigenvalue weighted by Gasteiger charge is 2.23. The molecule has 1 aromatic carbocycles. The second-order valence-corrected chi connectivity index (χ2v) is 3.78. The first kappa shape index (κ1) is 9.62. The van der Waals surface area contributed by atoms with Crippen molar-refractivity contribution >= 4 is 29.3 Å². The number of halogens is 2. The second kappa shape index (κ2) is 3.67. The Morgan fingerprint density at radius 1 is 1.36 bits per heavy atom. The van der Waals surface area contributed by atoms with Crippen LogP contribution in [0.3, 0.4) is 0 Å². The molecular formula is C9H7Cl2NO2. The first-order chi connectivity index (χ1) is 6.66. The van der Waals surface area contributed by atoms with Crippen LogP contribution in [0.15, 0.2) is 18.2 Å². The molecule has 1 amide bonds. The molecular weight excluding hydrogens is 225 g/mol. The molecule has 0 bridgehead atoms. The number of carbonyl (C=O) groups is 1. The molecule has 0 saturated carbocycles. The Morgan fingerprint density at radius 3 is 2.71 bits per heavy atom. The Bertz CT molecular complexity index is 381. The minimum absolute atomic E-state index is 0.128. The summed E-state index contributed by atoms with van der Waals surface area (Å²) in [4.78, 5) is 10.8. The average molecular weight is 232 g/mol. The maximum Gasteiger partial charge on any atom is 0.407 e. The monoisotopic (exact) mass is 231 g/mol. The average Bonchev–Trinajstić information content (AvgIpc) is 2.57. The molecule has 1 N–H and O–H groups in total. The summed E-state index contributed by atoms with van der Waals surface area (Å²) in [5.74, 6) is 0. The Morgan fingerprint density at radius 2 is 2.14 bits per heavy atom. The van der Waals surface area contributed by atoms with Crippen molar-refractivity contribution in [2.75, 3.05) is 6.61 Å². The zero-order valence-electron chi connectivity index (χ0n) is 7.09. The van der Waals surface area contributed by atoms with E-state index in [9.17, 15) is 4.79 Å². The molecule has 2 rings (SSSR count). The van der Waals surface area contributed by atoms with Crippen LogP contribution in [-0.4, -0.2) is 12.7 Å². The van der Waals surface area contributed by atoms with Gasteiger partial charge in [-0.2, -0.15) is 0 Å². The molecule has 1 fully saturated rings. The molecule has 0 spiro atoms. The van der Waals surface area contributed by atoms with E-state index < -0.39 is 6.09 Å². The maximum atomic E-state index is 10.8. The van der Waals surface area contributed by atoms with Gasteiger partial charge in [0, 0.05) is 0 Å². The fourth-order valence-electron chi connectivity index (χ4n) is 1.29. The van der Waals surface area contributed by atoms with Crippen molar-refractivity contribution < 1.29 is 9.53 Å². The minimum Gasteiger partial charge on any atom is -0.447 e. The van der Waals surface area contributed by atoms with Gasteiger partial charge in [-0.25, -0.2) is 4.79 Å². The van der Waals surface area contributed by atoms with Crippen LogP contribution < -0.4 is 5.32 Å². The van der Waals surface area contributed by atoms with E-state index in [0.717, 1.165) is 5.56 Å². The third-order valence-corrected chi connectivity index (χ3v) is 2.76. The number of hydrogen-bond acceptors (Lipinski definition) is 2. The van der Waals surface area contributed by atoms with Gasteiger partial charge in [0.15, 0.2) is 0 Å². The molecule has 0 radical (unpaired) electrons. The summed E-state index contributed by atoms with van der Waals surface area (Å²) in [7, 11) is 0. The number of ether oxygens (including phenoxy) is 1. The van der Waals surface area contributed by atoms with Crippen LogP contribution in [0.4, 0.5) is 4.79 Å². The summed E-state index contributed by atoms with van der Waals surface area (Å²) in [6.45, 7) is 0.330. The quantitative estimate of drug-likeness (QED) is 0.808. The van der Waals surface area contributed by atoms with Gasteiger partial charge < -0.3 is 10.1 Å². The Hall–Kier alpha value is -0.930. The van der Waals surface area contributed by atoms with Gasteiger partial charge in [-0.3, -0.25) is 0 Å². The first-order valence-electron chi connectivity index (χ1n) is 4.05. The van der Waals surface area contributed by atoms with Crippen molar-refractivity contribution in [2.45, 2.75) is 6.04 Å². The molecule has 1 saturated heterocycles. The lowest BCUT2D eigenvalue weighted by Gasteiger charge is -2.08. The van der Waals surface area contributed by atoms with Gasteiger partial charge in [-0.05, 0) is 17.7 Å². The third-order valence-electron chi connectivity index (χ3n) is 2.02. The van der Waals surface area contributed by atoms with E-state index >= 15 is 0 Å². The van der Waals surface area contributed by atoms with Crippen LogP contribution in [0.1, 0.15) is 11.6 Å². The molecule has 1 aromatic rings. The number of benzene rings is 1. The van der Waals surface area contributed by atoms with E-state index in [0.29, 0.717) is 16.7 Å². The van der Waals surface area contributed by atoms with Crippen molar-refractivity contribution in [3.63, 3.8) is 0 Å². The van der Waals surface area contributed by atoms with Gasteiger partial charge in [-0.1, -0.05) is 29.3 Å². The Balaban J connectivity index is 2.24. The molecule has 0 unspecified atom stereocenters. The third kappa shape index (κ3) is 1.79. The molecule has 0 aromatic heterocycles. The Labute approximate surface area is 91.0 Å². The highest BCUT2D eigenvalue weighted by Crippen LogP contribution is 2.27. The highest BCUT2D eigenvalue weighted by molar-refractivity contribution is 6.42. The number of carbonyl (C=O) groups excluding carboxylic acids is 1. The van der Waals surface area contributed by atoms with Crippen molar-refractivity contribution in [2.24, 2.45) is 0 Å². The standard InChI is InChI=1S/C9H7Cl2NO2/c10-6-2-1-5(3-7(6)11)8-4-14-9(13)12-8/h1-3,8H,4H2,(H,12,13)/t8-/m0/s1. The minimum atomic E-state index is -0.402. The summed E-state index contributed by atoms with van der Waals surface area (Å²) in [6.07, 6.45) is -0.402. The number of amides is 1. The zero-order valence-corrected chi connectivity index (χ0v) is 8.60. The van der Waals surface area contributed by atoms with Gasteiger partial charge in [-0.15, -0.1) is 0 Å². The topological polar surface area (TPSA) is 38.3 Å². The number of nitrogens with one attached hydrogen (secondary N) is 1. The maximum absolute atomic E-state index is 10.8. The zero-order chi connectivity index (χ0) is 10.1. The van der Waals surface area contributed by atoms with E-state index in [1.54, 1.807) is 12.1 Å². The lowest BCUT2D eigenvalue weighted by Crippen LogP contribution is -2.18. The van der Waals surface area contributed by atoms with Crippen LogP contribution >= 0.6 is 23.2 Å². The predicted octanol–water partition coefficient (Wildman–Crippen LogP) is 2.77. The summed E-state index contributed by atoms with van der Waals surface area (Å²) in [6, 6.07) is 5.11. The number of rotatable bonds is 1. The predicted molar refractivity (Wildman–Crippen MR) is 53.7 cm³/mol. The van der Waals surface area contributed by atoms with Crippen molar-refractivity contribution in [1.29, 1.82) is 0 Å². The lowest BCUT2D eigenvalue weighted by atomic mass is 10.1. The van der Waals surface area contributed by atoms with Gasteiger partial charge >= 0.3 is 6.09 Å². The van der Waals surface area contributed by atoms with E-state index in [1.165, 1.54) is 0 Å². The molecule has 1 heterocycles. The van der Waals surface area contributed by atoms with Gasteiger partial charge in [0.2, 0.25) is 0 Å². The first-order valence-corrected chi connectivity index (χ1v) is 4.80. The molecule has 1 aliphatic rings. The Kier molecular flexibility index (Phi) is 2.52. The fraction of sp³-hybridized carbons (Fsp3) is 0.222. The van der Waals surface area contributed by atoms with Crippen LogP contribution in [0, 0.1) is 0 Å². The molecule has 1 atom stereocenters. The van der Waals surface area contributed by atoms with Crippen molar-refractivity contribution in [1.82, 2.24) is 5.32 Å². The van der Waals surface area contributed by atoms with Gasteiger partial charge in [0.05, 0.1) is 16.1 Å². The van der Waals surface area contributed by atoms with Crippen LogP contribution in [0.25, 0.3) is 0 Å². The summed E-state index contributed by atoms with van der Waals surface area (Å²) >= 11 is 11.6. The van der Waals surface area contributed by atoms with E-state index in [4.69, 9.17) is 27.9 Å². The van der Waals surface area contributed by atoms with Gasteiger partial charge in [0.1, 0.15) is 6.61 Å². The number of alkyl carbamates (subject to hydrolysis) is 1. The normalized spacial score (nSPS) is 20.4. The van der Waals surface area contributed by atoms with E-state index in [-0.39, 0.29) is 6.04 Å².